The monoisotopic (exact) mass is 388 g/mol. The molecule has 0 unspecified atom stereocenters. The first-order chi connectivity index (χ1) is 14.2. The number of hydrogen-bond acceptors (Lipinski definition) is 3. The minimum absolute atomic E-state index is 0.0284. The van der Waals surface area contributed by atoms with E-state index in [0.717, 1.165) is 24.2 Å². The second-order valence-corrected chi connectivity index (χ2v) is 8.06. The molecule has 0 spiro atoms. The summed E-state index contributed by atoms with van der Waals surface area (Å²) in [5, 5.41) is 13.5. The van der Waals surface area contributed by atoms with Crippen molar-refractivity contribution in [1.82, 2.24) is 4.90 Å². The lowest BCUT2D eigenvalue weighted by Gasteiger charge is -2.39. The van der Waals surface area contributed by atoms with Crippen LogP contribution in [0.25, 0.3) is 11.1 Å². The molecule has 2 heterocycles. The molecular formula is C25H25FN2O. The Kier molecular flexibility index (Phi) is 4.82. The zero-order chi connectivity index (χ0) is 19.8. The number of rotatable bonds is 4. The summed E-state index contributed by atoms with van der Waals surface area (Å²) in [5.41, 5.74) is 5.42. The highest BCUT2D eigenvalue weighted by atomic mass is 19.1. The first-order valence-corrected chi connectivity index (χ1v) is 10.3. The van der Waals surface area contributed by atoms with Gasteiger partial charge in [-0.15, -0.1) is 0 Å². The van der Waals surface area contributed by atoms with Crippen LogP contribution in [0.5, 0.6) is 0 Å². The van der Waals surface area contributed by atoms with E-state index in [1.807, 2.05) is 18.2 Å². The lowest BCUT2D eigenvalue weighted by Crippen LogP contribution is -2.41. The molecule has 2 aliphatic rings. The van der Waals surface area contributed by atoms with Gasteiger partial charge < -0.3 is 10.4 Å². The zero-order valence-electron chi connectivity index (χ0n) is 16.3. The molecule has 3 aromatic rings. The Balaban J connectivity index is 1.54. The molecule has 0 bridgehead atoms. The quantitative estimate of drug-likeness (QED) is 0.671. The molecule has 3 aromatic carbocycles. The van der Waals surface area contributed by atoms with E-state index in [2.05, 4.69) is 52.7 Å². The van der Waals surface area contributed by atoms with E-state index in [4.69, 9.17) is 0 Å². The van der Waals surface area contributed by atoms with Gasteiger partial charge in [0.05, 0.1) is 12.6 Å². The normalized spacial score (nSPS) is 23.3. The average Bonchev–Trinajstić information content (AvgIpc) is 3.19. The van der Waals surface area contributed by atoms with E-state index >= 15 is 0 Å². The summed E-state index contributed by atoms with van der Waals surface area (Å²) in [4.78, 5) is 2.38. The van der Waals surface area contributed by atoms with Crippen molar-refractivity contribution in [1.29, 1.82) is 0 Å². The van der Waals surface area contributed by atoms with Crippen molar-refractivity contribution in [2.75, 3.05) is 18.5 Å². The highest BCUT2D eigenvalue weighted by Crippen LogP contribution is 2.47. The first-order valence-electron chi connectivity index (χ1n) is 10.3. The number of likely N-dealkylation sites (tertiary alicyclic amines) is 1. The van der Waals surface area contributed by atoms with Crippen LogP contribution in [0.1, 0.15) is 23.6 Å². The van der Waals surface area contributed by atoms with E-state index in [-0.39, 0.29) is 24.5 Å². The molecule has 148 valence electrons. The lowest BCUT2D eigenvalue weighted by atomic mass is 9.82. The summed E-state index contributed by atoms with van der Waals surface area (Å²) in [6.45, 7) is 1.59. The fourth-order valence-electron chi connectivity index (χ4n) is 4.99. The summed E-state index contributed by atoms with van der Waals surface area (Å²) in [6, 6.07) is 24.1. The van der Waals surface area contributed by atoms with Gasteiger partial charge in [0.1, 0.15) is 5.82 Å². The summed E-state index contributed by atoms with van der Waals surface area (Å²) >= 11 is 0. The predicted molar refractivity (Wildman–Crippen MR) is 114 cm³/mol. The summed E-state index contributed by atoms with van der Waals surface area (Å²) in [7, 11) is 0. The van der Waals surface area contributed by atoms with Crippen LogP contribution in [0, 0.1) is 11.7 Å². The van der Waals surface area contributed by atoms with Crippen LogP contribution in [0.15, 0.2) is 72.8 Å². The molecule has 3 atom stereocenters. The van der Waals surface area contributed by atoms with Gasteiger partial charge in [-0.2, -0.15) is 0 Å². The van der Waals surface area contributed by atoms with Crippen LogP contribution >= 0.6 is 0 Å². The van der Waals surface area contributed by atoms with E-state index < -0.39 is 0 Å². The van der Waals surface area contributed by atoms with Crippen molar-refractivity contribution in [2.45, 2.75) is 25.0 Å². The molecule has 0 aromatic heterocycles. The predicted octanol–water partition coefficient (Wildman–Crippen LogP) is 4.84. The average molecular weight is 388 g/mol. The number of aliphatic hydroxyl groups excluding tert-OH is 1. The zero-order valence-corrected chi connectivity index (χ0v) is 16.3. The van der Waals surface area contributed by atoms with Crippen LogP contribution in [0.2, 0.25) is 0 Å². The number of fused-ring (bicyclic) bond motifs is 3. The van der Waals surface area contributed by atoms with Gasteiger partial charge in [-0.05, 0) is 47.9 Å². The molecule has 1 saturated heterocycles. The molecule has 3 nitrogen and oxygen atoms in total. The second kappa shape index (κ2) is 7.62. The minimum atomic E-state index is -0.151. The molecular weight excluding hydrogens is 363 g/mol. The van der Waals surface area contributed by atoms with Crippen LogP contribution in [-0.4, -0.2) is 29.2 Å². The van der Waals surface area contributed by atoms with E-state index in [1.165, 1.54) is 22.8 Å². The molecule has 4 heteroatoms. The van der Waals surface area contributed by atoms with Crippen molar-refractivity contribution in [3.05, 3.63) is 89.7 Å². The summed E-state index contributed by atoms with van der Waals surface area (Å²) in [6.07, 6.45) is 0.992. The fourth-order valence-corrected chi connectivity index (χ4v) is 4.99. The van der Waals surface area contributed by atoms with Crippen LogP contribution in [0.3, 0.4) is 0 Å². The Morgan fingerprint density at radius 1 is 0.966 bits per heavy atom. The third-order valence-electron chi connectivity index (χ3n) is 6.41. The Morgan fingerprint density at radius 2 is 1.76 bits per heavy atom. The fraction of sp³-hybridized carbons (Fsp3) is 0.280. The van der Waals surface area contributed by atoms with Crippen LogP contribution in [0.4, 0.5) is 10.1 Å². The Bertz CT molecular complexity index is 1010. The van der Waals surface area contributed by atoms with E-state index in [9.17, 15) is 9.50 Å². The smallest absolute Gasteiger partial charge is 0.127 e. The molecule has 5 rings (SSSR count). The standard InChI is InChI=1S/C25H25FN2O/c26-22-9-5-4-8-19(22)15-28-13-12-20-24(16-29)27-23-11-10-18(14-21(23)25(20)28)17-6-2-1-3-7-17/h1-11,14,20,24-25,27,29H,12-13,15-16H2/t20-,24+,25-/m1/s1. The van der Waals surface area contributed by atoms with Crippen molar-refractivity contribution in [2.24, 2.45) is 5.92 Å². The third-order valence-corrected chi connectivity index (χ3v) is 6.41. The van der Waals surface area contributed by atoms with E-state index in [1.54, 1.807) is 6.07 Å². The largest absolute Gasteiger partial charge is 0.394 e. The molecule has 0 radical (unpaired) electrons. The van der Waals surface area contributed by atoms with Crippen molar-refractivity contribution in [3.63, 3.8) is 0 Å². The molecule has 0 aliphatic carbocycles. The van der Waals surface area contributed by atoms with Gasteiger partial charge in [0.15, 0.2) is 0 Å². The van der Waals surface area contributed by atoms with Crippen LogP contribution < -0.4 is 5.32 Å². The van der Waals surface area contributed by atoms with Crippen LogP contribution in [-0.2, 0) is 6.54 Å². The Hall–Kier alpha value is -2.69. The number of aliphatic hydroxyl groups is 1. The number of hydrogen-bond donors (Lipinski definition) is 2. The number of halogens is 1. The second-order valence-electron chi connectivity index (χ2n) is 8.06. The molecule has 0 amide bonds. The van der Waals surface area contributed by atoms with Crippen molar-refractivity contribution < 1.29 is 9.50 Å². The number of anilines is 1. The van der Waals surface area contributed by atoms with Crippen molar-refractivity contribution in [3.8, 4) is 11.1 Å². The number of nitrogens with zero attached hydrogens (tertiary/aromatic N) is 1. The lowest BCUT2D eigenvalue weighted by molar-refractivity contribution is 0.171. The molecule has 29 heavy (non-hydrogen) atoms. The van der Waals surface area contributed by atoms with Gasteiger partial charge in [-0.3, -0.25) is 4.90 Å². The summed E-state index contributed by atoms with van der Waals surface area (Å²) < 4.78 is 14.3. The maximum absolute atomic E-state index is 14.3. The maximum atomic E-state index is 14.3. The highest BCUT2D eigenvalue weighted by Gasteiger charge is 2.43. The number of benzene rings is 3. The SMILES string of the molecule is OC[C@@H]1Nc2ccc(-c3ccccc3)cc2[C@H]2[C@@H]1CCN2Cc1ccccc1F. The summed E-state index contributed by atoms with van der Waals surface area (Å²) in [5.74, 6) is 0.159. The third kappa shape index (κ3) is 3.33. The van der Waals surface area contributed by atoms with Crippen molar-refractivity contribution >= 4 is 5.69 Å². The van der Waals surface area contributed by atoms with Gasteiger partial charge in [0.2, 0.25) is 0 Å². The minimum Gasteiger partial charge on any atom is -0.394 e. The highest BCUT2D eigenvalue weighted by molar-refractivity contribution is 5.70. The van der Waals surface area contributed by atoms with Gasteiger partial charge in [0.25, 0.3) is 0 Å². The van der Waals surface area contributed by atoms with E-state index in [0.29, 0.717) is 12.5 Å². The topological polar surface area (TPSA) is 35.5 Å². The maximum Gasteiger partial charge on any atom is 0.127 e. The number of nitrogens with one attached hydrogen (secondary N) is 1. The Labute approximate surface area is 170 Å². The molecule has 2 N–H and O–H groups in total. The van der Waals surface area contributed by atoms with Gasteiger partial charge in [0, 0.05) is 29.8 Å². The van der Waals surface area contributed by atoms with Gasteiger partial charge in [-0.25, -0.2) is 4.39 Å². The Morgan fingerprint density at radius 3 is 2.55 bits per heavy atom. The molecule has 1 fully saturated rings. The van der Waals surface area contributed by atoms with Gasteiger partial charge >= 0.3 is 0 Å². The first kappa shape index (κ1) is 18.3. The van der Waals surface area contributed by atoms with Gasteiger partial charge in [-0.1, -0.05) is 54.6 Å². The molecule has 0 saturated carbocycles. The molecule has 2 aliphatic heterocycles.